The zero-order valence-electron chi connectivity index (χ0n) is 20.2. The van der Waals surface area contributed by atoms with Crippen molar-refractivity contribution in [3.05, 3.63) is 48.5 Å². The minimum Gasteiger partial charge on any atom is -0.352 e. The number of nitrogens with one attached hydrogen (secondary N) is 1. The van der Waals surface area contributed by atoms with Gasteiger partial charge in [0.1, 0.15) is 0 Å². The molecule has 1 N–H and O–H groups in total. The van der Waals surface area contributed by atoms with Crippen molar-refractivity contribution < 1.29 is 0 Å². The Morgan fingerprint density at radius 2 is 0.903 bits per heavy atom. The molecule has 3 rings (SSSR count). The van der Waals surface area contributed by atoms with E-state index in [1.807, 2.05) is 0 Å². The molecule has 0 fully saturated rings. The Bertz CT molecular complexity index is 898. The molecule has 0 radical (unpaired) electrons. The molecule has 0 aliphatic rings. The maximum atomic E-state index is 5.07. The summed E-state index contributed by atoms with van der Waals surface area (Å²) >= 11 is 0. The monoisotopic (exact) mass is 453 g/mol. The largest absolute Gasteiger partial charge is 0.352 e. The Kier molecular flexibility index (Phi) is 8.06. The van der Waals surface area contributed by atoms with Gasteiger partial charge in [-0.2, -0.15) is 0 Å². The minimum atomic E-state index is -0.277. The first-order chi connectivity index (χ1) is 14.7. The molecule has 0 aliphatic carbocycles. The summed E-state index contributed by atoms with van der Waals surface area (Å²) in [4.78, 5) is 13.7. The van der Waals surface area contributed by atoms with Gasteiger partial charge < -0.3 is 4.98 Å². The Balaban J connectivity index is 1.93. The van der Waals surface area contributed by atoms with E-state index >= 15 is 0 Å². The van der Waals surface area contributed by atoms with Gasteiger partial charge in [-0.3, -0.25) is 0 Å². The molecule has 3 aromatic rings. The number of hydrogen-bond donors (Lipinski definition) is 1. The highest BCUT2D eigenvalue weighted by Gasteiger charge is 2.22. The molecule has 3 aromatic heterocycles. The van der Waals surface area contributed by atoms with E-state index in [2.05, 4.69) is 109 Å². The minimum absolute atomic E-state index is 0.277. The van der Waals surface area contributed by atoms with E-state index in [9.17, 15) is 0 Å². The van der Waals surface area contributed by atoms with Gasteiger partial charge in [-0.15, -0.1) is 0 Å². The van der Waals surface area contributed by atoms with E-state index < -0.39 is 0 Å². The van der Waals surface area contributed by atoms with E-state index in [0.29, 0.717) is 22.6 Å². The fourth-order valence-corrected chi connectivity index (χ4v) is 9.84. The number of hydrogen-bond acceptors (Lipinski definition) is 2. The van der Waals surface area contributed by atoms with Crippen molar-refractivity contribution in [2.75, 3.05) is 0 Å². The topological polar surface area (TPSA) is 41.6 Å². The second-order valence-corrected chi connectivity index (χ2v) is 15.9. The molecule has 31 heavy (non-hydrogen) atoms. The summed E-state index contributed by atoms with van der Waals surface area (Å²) in [6.07, 6.45) is 0. The predicted octanol–water partition coefficient (Wildman–Crippen LogP) is 6.99. The first kappa shape index (κ1) is 24.1. The van der Waals surface area contributed by atoms with Crippen LogP contribution in [0.5, 0.6) is 0 Å². The van der Waals surface area contributed by atoms with E-state index in [4.69, 9.17) is 9.97 Å². The molecule has 5 heteroatoms. The molecule has 0 aliphatic heterocycles. The average molecular weight is 454 g/mol. The summed E-state index contributed by atoms with van der Waals surface area (Å²) in [5.74, 6) is 0. The van der Waals surface area contributed by atoms with Crippen LogP contribution in [0.25, 0.3) is 22.8 Å². The Morgan fingerprint density at radius 3 is 1.23 bits per heavy atom. The molecule has 0 saturated carbocycles. The number of H-pyrrole nitrogens is 1. The van der Waals surface area contributed by atoms with Crippen LogP contribution in [-0.4, -0.2) is 37.6 Å². The summed E-state index contributed by atoms with van der Waals surface area (Å²) in [7, 11) is -0.554. The Labute approximate surface area is 191 Å². The van der Waals surface area contributed by atoms with Gasteiger partial charge in [-0.25, -0.2) is 9.97 Å². The maximum absolute atomic E-state index is 5.07. The second kappa shape index (κ2) is 10.4. The van der Waals surface area contributed by atoms with Crippen molar-refractivity contribution in [3.63, 3.8) is 0 Å². The summed E-state index contributed by atoms with van der Waals surface area (Å²) in [6.45, 7) is 18.5. The molecule has 0 bridgehead atoms. The molecule has 3 nitrogen and oxygen atoms in total. The summed E-state index contributed by atoms with van der Waals surface area (Å²) < 4.78 is 0. The van der Waals surface area contributed by atoms with Gasteiger partial charge >= 0.3 is 0 Å². The zero-order valence-corrected chi connectivity index (χ0v) is 22.0. The molecule has 0 saturated heterocycles. The van der Waals surface area contributed by atoms with Gasteiger partial charge in [-0.1, -0.05) is 67.5 Å². The van der Waals surface area contributed by atoms with Crippen LogP contribution >= 0.6 is 15.8 Å². The van der Waals surface area contributed by atoms with Crippen molar-refractivity contribution in [2.45, 2.75) is 78.0 Å². The summed E-state index contributed by atoms with van der Waals surface area (Å²) in [5, 5.41) is 0. The van der Waals surface area contributed by atoms with E-state index in [0.717, 1.165) is 22.8 Å². The second-order valence-electron chi connectivity index (χ2n) is 9.24. The van der Waals surface area contributed by atoms with Crippen molar-refractivity contribution in [1.29, 1.82) is 0 Å². The molecular formula is C26H37N3P2. The molecule has 0 spiro atoms. The summed E-state index contributed by atoms with van der Waals surface area (Å²) in [5.41, 5.74) is 9.13. The Hall–Kier alpha value is -1.56. The fraction of sp³-hybridized carbons (Fsp3) is 0.462. The molecule has 3 heterocycles. The highest BCUT2D eigenvalue weighted by Crippen LogP contribution is 2.45. The maximum Gasteiger partial charge on any atom is 0.0872 e. The van der Waals surface area contributed by atoms with Crippen LogP contribution < -0.4 is 10.9 Å². The van der Waals surface area contributed by atoms with Gasteiger partial charge in [0.2, 0.25) is 0 Å². The SMILES string of the molecule is CC(C)P(c1cccc(-c2ccc(-c3cccc(P(C(C)C)C(C)C)n3)[nH]2)n1)C(C)C. The highest BCUT2D eigenvalue weighted by molar-refractivity contribution is 7.67. The molecule has 0 unspecified atom stereocenters. The number of rotatable bonds is 8. The smallest absolute Gasteiger partial charge is 0.0872 e. The molecule has 0 aromatic carbocycles. The summed E-state index contributed by atoms with van der Waals surface area (Å²) in [6, 6.07) is 17.2. The number of aromatic nitrogens is 3. The van der Waals surface area contributed by atoms with Crippen LogP contribution in [0, 0.1) is 0 Å². The van der Waals surface area contributed by atoms with Crippen LogP contribution in [-0.2, 0) is 0 Å². The van der Waals surface area contributed by atoms with E-state index in [1.165, 1.54) is 10.9 Å². The lowest BCUT2D eigenvalue weighted by atomic mass is 10.3. The lowest BCUT2D eigenvalue weighted by Crippen LogP contribution is -2.18. The van der Waals surface area contributed by atoms with Crippen molar-refractivity contribution >= 4 is 26.7 Å². The number of aromatic amines is 1. The lowest BCUT2D eigenvalue weighted by Gasteiger charge is -2.25. The number of nitrogens with zero attached hydrogens (tertiary/aromatic N) is 2. The van der Waals surface area contributed by atoms with Gasteiger partial charge in [-0.05, 0) is 74.9 Å². The van der Waals surface area contributed by atoms with E-state index in [-0.39, 0.29) is 15.8 Å². The van der Waals surface area contributed by atoms with Crippen LogP contribution in [0.2, 0.25) is 0 Å². The van der Waals surface area contributed by atoms with Crippen LogP contribution in [0.3, 0.4) is 0 Å². The highest BCUT2D eigenvalue weighted by atomic mass is 31.1. The van der Waals surface area contributed by atoms with Gasteiger partial charge in [0.25, 0.3) is 0 Å². The third kappa shape index (κ3) is 5.63. The first-order valence-electron chi connectivity index (χ1n) is 11.4. The van der Waals surface area contributed by atoms with Crippen molar-refractivity contribution in [3.8, 4) is 22.8 Å². The molecule has 166 valence electrons. The quantitative estimate of drug-likeness (QED) is 0.374. The lowest BCUT2D eigenvalue weighted by molar-refractivity contribution is 1.02. The van der Waals surface area contributed by atoms with E-state index in [1.54, 1.807) is 0 Å². The number of pyridine rings is 2. The standard InChI is InChI=1S/C26H37N3P2/c1-17(2)30(18(3)4)25-13-9-11-21(28-25)23-15-16-24(27-23)22-12-10-14-26(29-22)31(19(5)6)20(7)8/h9-20,27H,1-8H3. The van der Waals surface area contributed by atoms with Crippen LogP contribution in [0.15, 0.2) is 48.5 Å². The molecule has 0 amide bonds. The third-order valence-corrected chi connectivity index (χ3v) is 11.5. The van der Waals surface area contributed by atoms with Crippen LogP contribution in [0.1, 0.15) is 55.4 Å². The molecule has 0 atom stereocenters. The Morgan fingerprint density at radius 1 is 0.548 bits per heavy atom. The first-order valence-corrected chi connectivity index (χ1v) is 14.4. The normalized spacial score (nSPS) is 12.3. The van der Waals surface area contributed by atoms with Crippen molar-refractivity contribution in [2.24, 2.45) is 0 Å². The fourth-order valence-electron chi connectivity index (χ4n) is 4.38. The van der Waals surface area contributed by atoms with Gasteiger partial charge in [0.15, 0.2) is 0 Å². The average Bonchev–Trinajstić information content (AvgIpc) is 3.18. The molecular weight excluding hydrogens is 416 g/mol. The van der Waals surface area contributed by atoms with Gasteiger partial charge in [0, 0.05) is 0 Å². The van der Waals surface area contributed by atoms with Crippen molar-refractivity contribution in [1.82, 2.24) is 15.0 Å². The third-order valence-electron chi connectivity index (χ3n) is 5.46. The predicted molar refractivity (Wildman–Crippen MR) is 141 cm³/mol. The van der Waals surface area contributed by atoms with Crippen LogP contribution in [0.4, 0.5) is 0 Å². The van der Waals surface area contributed by atoms with Gasteiger partial charge in [0.05, 0.1) is 33.6 Å². The zero-order chi connectivity index (χ0) is 22.7.